The van der Waals surface area contributed by atoms with E-state index in [1.54, 1.807) is 6.08 Å². The number of carboxylic acids is 1. The lowest BCUT2D eigenvalue weighted by Crippen LogP contribution is -2.23. The van der Waals surface area contributed by atoms with Gasteiger partial charge in [0.15, 0.2) is 0 Å². The van der Waals surface area contributed by atoms with Crippen LogP contribution >= 0.6 is 11.6 Å². The van der Waals surface area contributed by atoms with Crippen molar-refractivity contribution in [3.8, 4) is 5.75 Å². The Morgan fingerprint density at radius 3 is 2.77 bits per heavy atom. The number of halogens is 1. The van der Waals surface area contributed by atoms with Crippen LogP contribution in [0.3, 0.4) is 0 Å². The zero-order valence-electron chi connectivity index (χ0n) is 11.9. The molecule has 1 heterocycles. The highest BCUT2D eigenvalue weighted by Crippen LogP contribution is 2.33. The summed E-state index contributed by atoms with van der Waals surface area (Å²) >= 11 is 5.94. The van der Waals surface area contributed by atoms with Gasteiger partial charge in [-0.25, -0.2) is 4.79 Å². The summed E-state index contributed by atoms with van der Waals surface area (Å²) in [5, 5.41) is 9.24. The summed E-state index contributed by atoms with van der Waals surface area (Å²) in [4.78, 5) is 15.5. The predicted octanol–water partition coefficient (Wildman–Crippen LogP) is 3.70. The molecule has 0 bridgehead atoms. The molecule has 0 amide bonds. The van der Waals surface area contributed by atoms with Crippen LogP contribution in [0.15, 0.2) is 70.0 Å². The molecule has 1 aliphatic heterocycles. The minimum Gasteiger partial charge on any atom is -0.478 e. The number of carbonyl (C=O) groups is 1. The largest absolute Gasteiger partial charge is 0.478 e. The van der Waals surface area contributed by atoms with E-state index < -0.39 is 5.97 Å². The molecule has 22 heavy (non-hydrogen) atoms. The first-order chi connectivity index (χ1) is 10.6. The first kappa shape index (κ1) is 14.6. The van der Waals surface area contributed by atoms with Crippen LogP contribution in [0.25, 0.3) is 0 Å². The molecule has 5 heteroatoms. The van der Waals surface area contributed by atoms with E-state index in [1.807, 2.05) is 43.3 Å². The lowest BCUT2D eigenvalue weighted by atomic mass is 9.89. The van der Waals surface area contributed by atoms with Gasteiger partial charge in [0.25, 0.3) is 0 Å². The molecular formula is C17H14ClNO3. The summed E-state index contributed by atoms with van der Waals surface area (Å²) in [5.41, 5.74) is 1.75. The van der Waals surface area contributed by atoms with Crippen molar-refractivity contribution in [3.63, 3.8) is 0 Å². The number of aliphatic carboxylic acids is 1. The number of para-hydroxylation sites is 1. The quantitative estimate of drug-likeness (QED) is 0.925. The van der Waals surface area contributed by atoms with Gasteiger partial charge in [-0.15, -0.1) is 0 Å². The molecule has 0 spiro atoms. The summed E-state index contributed by atoms with van der Waals surface area (Å²) < 4.78 is 5.88. The Kier molecular flexibility index (Phi) is 3.86. The van der Waals surface area contributed by atoms with E-state index in [0.717, 1.165) is 22.7 Å². The Balaban J connectivity index is 1.94. The minimum atomic E-state index is -1.08. The van der Waals surface area contributed by atoms with E-state index in [4.69, 9.17) is 16.3 Å². The van der Waals surface area contributed by atoms with Gasteiger partial charge in [0.05, 0.1) is 11.6 Å². The molecule has 112 valence electrons. The highest BCUT2D eigenvalue weighted by atomic mass is 35.5. The number of ether oxygens (including phenoxy) is 1. The molecule has 1 unspecified atom stereocenters. The first-order valence-electron chi connectivity index (χ1n) is 6.89. The molecule has 1 atom stereocenters. The maximum atomic E-state index is 11.2. The van der Waals surface area contributed by atoms with Gasteiger partial charge in [0, 0.05) is 0 Å². The maximum Gasteiger partial charge on any atom is 0.338 e. The zero-order chi connectivity index (χ0) is 15.7. The second-order valence-corrected chi connectivity index (χ2v) is 5.46. The van der Waals surface area contributed by atoms with Gasteiger partial charge in [-0.05, 0) is 48.8 Å². The number of rotatable bonds is 3. The number of fused-ring (bicyclic) bond motifs is 1. The van der Waals surface area contributed by atoms with Crippen LogP contribution < -0.4 is 4.74 Å². The number of nitrogens with zero attached hydrogens (tertiary/aromatic N) is 1. The molecule has 1 N–H and O–H groups in total. The van der Waals surface area contributed by atoms with Crippen molar-refractivity contribution in [3.05, 3.63) is 65.0 Å². The fourth-order valence-corrected chi connectivity index (χ4v) is 2.78. The highest BCUT2D eigenvalue weighted by Gasteiger charge is 2.28. The van der Waals surface area contributed by atoms with Crippen LogP contribution in [0.1, 0.15) is 13.3 Å². The van der Waals surface area contributed by atoms with Crippen molar-refractivity contribution < 1.29 is 14.6 Å². The summed E-state index contributed by atoms with van der Waals surface area (Å²) in [6.45, 7) is 1.90. The molecule has 0 saturated heterocycles. The number of benzene rings is 1. The molecule has 0 fully saturated rings. The van der Waals surface area contributed by atoms with Crippen LogP contribution in [0, 0.1) is 0 Å². The number of hydrogen-bond acceptors (Lipinski definition) is 3. The molecule has 1 aromatic carbocycles. The molecule has 4 nitrogen and oxygen atoms in total. The average molecular weight is 316 g/mol. The van der Waals surface area contributed by atoms with Gasteiger partial charge < -0.3 is 9.84 Å². The van der Waals surface area contributed by atoms with E-state index >= 15 is 0 Å². The Bertz CT molecular complexity index is 744. The number of allylic oxidation sites excluding steroid dienone is 1. The van der Waals surface area contributed by atoms with Crippen LogP contribution in [-0.2, 0) is 4.79 Å². The molecule has 1 aliphatic carbocycles. The third-order valence-corrected chi connectivity index (χ3v) is 3.98. The van der Waals surface area contributed by atoms with Crippen molar-refractivity contribution in [2.75, 3.05) is 0 Å². The Morgan fingerprint density at radius 2 is 2.09 bits per heavy atom. The number of aliphatic imine (C=N–C) groups is 1. The Morgan fingerprint density at radius 1 is 1.36 bits per heavy atom. The van der Waals surface area contributed by atoms with Gasteiger partial charge in [-0.2, -0.15) is 0 Å². The lowest BCUT2D eigenvalue weighted by molar-refractivity contribution is -0.132. The first-order valence-corrected chi connectivity index (χ1v) is 7.27. The second-order valence-electron chi connectivity index (χ2n) is 5.10. The maximum absolute atomic E-state index is 11.2. The smallest absolute Gasteiger partial charge is 0.338 e. The number of carboxylic acid groups (broad SMARTS) is 1. The van der Waals surface area contributed by atoms with Crippen LogP contribution in [0.5, 0.6) is 5.75 Å². The normalized spacial score (nSPS) is 20.6. The van der Waals surface area contributed by atoms with Crippen LogP contribution in [0.2, 0.25) is 0 Å². The third kappa shape index (κ3) is 2.70. The number of hydrogen-bond donors (Lipinski definition) is 1. The standard InChI is InChI=1S/C17H14ClNO3/c1-10-12-9-13(17(20)21)16(18)19-14(12)7-8-15(10)22-11-5-3-2-4-6-11/h2-6,8-9,14H,7H2,1H3,(H,20,21). The molecule has 0 radical (unpaired) electrons. The van der Waals surface area contributed by atoms with Crippen LogP contribution in [-0.4, -0.2) is 22.3 Å². The summed E-state index contributed by atoms with van der Waals surface area (Å²) in [6, 6.07) is 9.33. The second kappa shape index (κ2) is 5.81. The van der Waals surface area contributed by atoms with Crippen molar-refractivity contribution in [2.24, 2.45) is 4.99 Å². The lowest BCUT2D eigenvalue weighted by Gasteiger charge is -2.26. The average Bonchev–Trinajstić information content (AvgIpc) is 2.50. The predicted molar refractivity (Wildman–Crippen MR) is 85.3 cm³/mol. The topological polar surface area (TPSA) is 58.9 Å². The van der Waals surface area contributed by atoms with Gasteiger partial charge in [0.2, 0.25) is 0 Å². The fourth-order valence-electron chi connectivity index (χ4n) is 2.52. The number of dihydropyridines is 1. The van der Waals surface area contributed by atoms with Crippen molar-refractivity contribution in [2.45, 2.75) is 19.4 Å². The zero-order valence-corrected chi connectivity index (χ0v) is 12.7. The fraction of sp³-hybridized carbons (Fsp3) is 0.176. The Hall–Kier alpha value is -2.33. The van der Waals surface area contributed by atoms with Gasteiger partial charge in [-0.1, -0.05) is 29.8 Å². The monoisotopic (exact) mass is 315 g/mol. The third-order valence-electron chi connectivity index (χ3n) is 3.68. The van der Waals surface area contributed by atoms with Gasteiger partial charge >= 0.3 is 5.97 Å². The van der Waals surface area contributed by atoms with Crippen molar-refractivity contribution in [1.29, 1.82) is 0 Å². The minimum absolute atomic E-state index is 0.0215. The van der Waals surface area contributed by atoms with E-state index in [1.165, 1.54) is 0 Å². The van der Waals surface area contributed by atoms with Gasteiger partial charge in [-0.3, -0.25) is 4.99 Å². The SMILES string of the molecule is CC1=C2C=C(C(=O)O)C(Cl)=NC2CC=C1Oc1ccccc1. The molecule has 2 aliphatic rings. The molecular weight excluding hydrogens is 302 g/mol. The Labute approximate surface area is 133 Å². The summed E-state index contributed by atoms with van der Waals surface area (Å²) in [6.07, 6.45) is 4.19. The molecule has 0 aromatic heterocycles. The summed E-state index contributed by atoms with van der Waals surface area (Å²) in [7, 11) is 0. The van der Waals surface area contributed by atoms with E-state index in [0.29, 0.717) is 6.42 Å². The van der Waals surface area contributed by atoms with E-state index in [9.17, 15) is 9.90 Å². The highest BCUT2D eigenvalue weighted by molar-refractivity contribution is 6.72. The van der Waals surface area contributed by atoms with E-state index in [-0.39, 0.29) is 16.8 Å². The van der Waals surface area contributed by atoms with Gasteiger partial charge in [0.1, 0.15) is 16.7 Å². The summed E-state index contributed by atoms with van der Waals surface area (Å²) in [5.74, 6) is 0.395. The molecule has 0 saturated carbocycles. The van der Waals surface area contributed by atoms with Crippen molar-refractivity contribution in [1.82, 2.24) is 0 Å². The molecule has 1 aromatic rings. The van der Waals surface area contributed by atoms with Crippen molar-refractivity contribution >= 4 is 22.7 Å². The van der Waals surface area contributed by atoms with Crippen LogP contribution in [0.4, 0.5) is 0 Å². The van der Waals surface area contributed by atoms with E-state index in [2.05, 4.69) is 4.99 Å². The molecule has 3 rings (SSSR count).